The van der Waals surface area contributed by atoms with Crippen molar-refractivity contribution in [2.45, 2.75) is 11.1 Å². The van der Waals surface area contributed by atoms with Crippen LogP contribution < -0.4 is 0 Å². The molecule has 30 heavy (non-hydrogen) atoms. The van der Waals surface area contributed by atoms with Gasteiger partial charge in [-0.05, 0) is 23.8 Å². The van der Waals surface area contributed by atoms with Gasteiger partial charge in [-0.2, -0.15) is 13.2 Å². The maximum Gasteiger partial charge on any atom is 0.418 e. The molecule has 0 spiro atoms. The average Bonchev–Trinajstić information content (AvgIpc) is 2.72. The molecule has 0 atom stereocenters. The van der Waals surface area contributed by atoms with Crippen molar-refractivity contribution in [2.24, 2.45) is 0 Å². The van der Waals surface area contributed by atoms with Gasteiger partial charge in [-0.15, -0.1) is 0 Å². The van der Waals surface area contributed by atoms with Crippen molar-refractivity contribution in [3.8, 4) is 22.4 Å². The number of sulfone groups is 1. The highest BCUT2D eigenvalue weighted by molar-refractivity contribution is 7.90. The van der Waals surface area contributed by atoms with Gasteiger partial charge in [0.15, 0.2) is 9.84 Å². The number of nitrogens with zero attached hydrogens (tertiary/aromatic N) is 2. The Morgan fingerprint density at radius 1 is 0.833 bits per heavy atom. The van der Waals surface area contributed by atoms with Crippen molar-refractivity contribution in [3.63, 3.8) is 0 Å². The first-order valence-corrected chi connectivity index (χ1v) is 10.8. The lowest BCUT2D eigenvalue weighted by atomic mass is 10.0. The molecule has 4 rings (SSSR count). The monoisotopic (exact) mass is 428 g/mol. The average molecular weight is 428 g/mol. The summed E-state index contributed by atoms with van der Waals surface area (Å²) in [6.07, 6.45) is -1.98. The Balaban J connectivity index is 1.79. The Morgan fingerprint density at radius 2 is 1.50 bits per heavy atom. The summed E-state index contributed by atoms with van der Waals surface area (Å²) in [5, 5.41) is 0. The van der Waals surface area contributed by atoms with Gasteiger partial charge in [0.2, 0.25) is 0 Å². The predicted octanol–water partition coefficient (Wildman–Crippen LogP) is 5.39. The van der Waals surface area contributed by atoms with E-state index in [4.69, 9.17) is 0 Å². The van der Waals surface area contributed by atoms with Gasteiger partial charge in [0.05, 0.1) is 27.9 Å². The quantitative estimate of drug-likeness (QED) is 0.439. The number of benzene rings is 3. The molecular formula is C22H15F3N2O2S. The Bertz CT molecular complexity index is 1350. The summed E-state index contributed by atoms with van der Waals surface area (Å²) in [6, 6.07) is 17.2. The van der Waals surface area contributed by atoms with E-state index in [0.717, 1.165) is 12.3 Å². The minimum absolute atomic E-state index is 0.160. The Morgan fingerprint density at radius 3 is 2.17 bits per heavy atom. The molecule has 0 fully saturated rings. The Labute approximate surface area is 171 Å². The number of rotatable bonds is 3. The van der Waals surface area contributed by atoms with Gasteiger partial charge < -0.3 is 0 Å². The van der Waals surface area contributed by atoms with Gasteiger partial charge in [-0.3, -0.25) is 4.98 Å². The van der Waals surface area contributed by atoms with Crippen LogP contribution in [0.15, 0.2) is 77.8 Å². The molecule has 0 aliphatic heterocycles. The lowest BCUT2D eigenvalue weighted by Gasteiger charge is -2.11. The number of halogens is 3. The third-order valence-electron chi connectivity index (χ3n) is 4.66. The molecule has 0 aliphatic rings. The number of hydrogen-bond donors (Lipinski definition) is 0. The summed E-state index contributed by atoms with van der Waals surface area (Å²) in [4.78, 5) is 8.52. The lowest BCUT2D eigenvalue weighted by Crippen LogP contribution is -2.07. The van der Waals surface area contributed by atoms with Crippen LogP contribution in [0.1, 0.15) is 5.56 Å². The molecule has 0 bridgehead atoms. The molecule has 0 saturated carbocycles. The fourth-order valence-corrected chi connectivity index (χ4v) is 4.16. The van der Waals surface area contributed by atoms with Gasteiger partial charge in [0.1, 0.15) is 5.52 Å². The second-order valence-electron chi connectivity index (χ2n) is 6.77. The van der Waals surface area contributed by atoms with Gasteiger partial charge in [-0.1, -0.05) is 48.5 Å². The van der Waals surface area contributed by atoms with E-state index >= 15 is 0 Å². The number of fused-ring (bicyclic) bond motifs is 1. The second kappa shape index (κ2) is 7.21. The van der Waals surface area contributed by atoms with Crippen molar-refractivity contribution in [1.82, 2.24) is 9.97 Å². The van der Waals surface area contributed by atoms with E-state index in [1.165, 1.54) is 24.4 Å². The molecule has 0 radical (unpaired) electrons. The third kappa shape index (κ3) is 3.78. The summed E-state index contributed by atoms with van der Waals surface area (Å²) in [6.45, 7) is 0. The topological polar surface area (TPSA) is 59.9 Å². The SMILES string of the molecule is CS(=O)(=O)c1ccccc1-c1ccc(-c2cnc3cccc(C(F)(F)F)c3n2)cc1. The zero-order valence-corrected chi connectivity index (χ0v) is 16.5. The molecule has 1 heterocycles. The van der Waals surface area contributed by atoms with E-state index in [0.29, 0.717) is 22.4 Å². The smallest absolute Gasteiger partial charge is 0.252 e. The lowest BCUT2D eigenvalue weighted by molar-refractivity contribution is -0.136. The van der Waals surface area contributed by atoms with Crippen LogP contribution in [0, 0.1) is 0 Å². The molecule has 0 aliphatic carbocycles. The molecule has 0 amide bonds. The standard InChI is InChI=1S/C22H15F3N2O2S/c1-30(28,29)20-8-3-2-5-16(20)14-9-11-15(12-10-14)19-13-26-18-7-4-6-17(21(18)27-19)22(23,24)25/h2-13H,1H3. The third-order valence-corrected chi connectivity index (χ3v) is 5.81. The molecular weight excluding hydrogens is 413 g/mol. The van der Waals surface area contributed by atoms with E-state index in [9.17, 15) is 21.6 Å². The van der Waals surface area contributed by atoms with E-state index < -0.39 is 21.6 Å². The molecule has 8 heteroatoms. The first kappa shape index (κ1) is 20.0. The molecule has 152 valence electrons. The van der Waals surface area contributed by atoms with Gasteiger partial charge in [0.25, 0.3) is 0 Å². The van der Waals surface area contributed by atoms with Crippen LogP contribution in [0.3, 0.4) is 0 Å². The summed E-state index contributed by atoms with van der Waals surface area (Å²) < 4.78 is 64.0. The van der Waals surface area contributed by atoms with Crippen LogP contribution in [0.2, 0.25) is 0 Å². The summed E-state index contributed by atoms with van der Waals surface area (Å²) in [7, 11) is -3.42. The van der Waals surface area contributed by atoms with Crippen molar-refractivity contribution in [3.05, 3.63) is 78.5 Å². The van der Waals surface area contributed by atoms with Crippen LogP contribution in [0.4, 0.5) is 13.2 Å². The molecule has 4 nitrogen and oxygen atoms in total. The first-order chi connectivity index (χ1) is 14.1. The minimum atomic E-state index is -4.54. The number of aromatic nitrogens is 2. The molecule has 0 N–H and O–H groups in total. The van der Waals surface area contributed by atoms with Crippen LogP contribution in [0.5, 0.6) is 0 Å². The highest BCUT2D eigenvalue weighted by atomic mass is 32.2. The van der Waals surface area contributed by atoms with Gasteiger partial charge in [-0.25, -0.2) is 13.4 Å². The summed E-state index contributed by atoms with van der Waals surface area (Å²) >= 11 is 0. The molecule has 0 unspecified atom stereocenters. The zero-order chi connectivity index (χ0) is 21.5. The van der Waals surface area contributed by atoms with Gasteiger partial charge in [0, 0.05) is 17.4 Å². The maximum atomic E-state index is 13.3. The highest BCUT2D eigenvalue weighted by Gasteiger charge is 2.33. The van der Waals surface area contributed by atoms with E-state index in [2.05, 4.69) is 9.97 Å². The van der Waals surface area contributed by atoms with Crippen molar-refractivity contribution < 1.29 is 21.6 Å². The van der Waals surface area contributed by atoms with Crippen LogP contribution in [0.25, 0.3) is 33.4 Å². The number of para-hydroxylation sites is 1. The second-order valence-corrected chi connectivity index (χ2v) is 8.76. The van der Waals surface area contributed by atoms with Crippen molar-refractivity contribution in [1.29, 1.82) is 0 Å². The van der Waals surface area contributed by atoms with Crippen molar-refractivity contribution in [2.75, 3.05) is 6.26 Å². The van der Waals surface area contributed by atoms with E-state index in [1.807, 2.05) is 0 Å². The van der Waals surface area contributed by atoms with E-state index in [1.54, 1.807) is 42.5 Å². The fourth-order valence-electron chi connectivity index (χ4n) is 3.25. The molecule has 1 aromatic heterocycles. The maximum absolute atomic E-state index is 13.3. The number of alkyl halides is 3. The highest BCUT2D eigenvalue weighted by Crippen LogP contribution is 2.34. The molecule has 4 aromatic rings. The fraction of sp³-hybridized carbons (Fsp3) is 0.0909. The van der Waals surface area contributed by atoms with Crippen molar-refractivity contribution >= 4 is 20.9 Å². The Hall–Kier alpha value is -3.26. The van der Waals surface area contributed by atoms with Crippen LogP contribution >= 0.6 is 0 Å². The van der Waals surface area contributed by atoms with Gasteiger partial charge >= 0.3 is 6.18 Å². The zero-order valence-electron chi connectivity index (χ0n) is 15.7. The predicted molar refractivity (Wildman–Crippen MR) is 109 cm³/mol. The molecule has 0 saturated heterocycles. The minimum Gasteiger partial charge on any atom is -0.252 e. The first-order valence-electron chi connectivity index (χ1n) is 8.87. The number of hydrogen-bond acceptors (Lipinski definition) is 4. The Kier molecular flexibility index (Phi) is 4.82. The normalized spacial score (nSPS) is 12.3. The van der Waals surface area contributed by atoms with E-state index in [-0.39, 0.29) is 15.9 Å². The molecule has 3 aromatic carbocycles. The largest absolute Gasteiger partial charge is 0.418 e. The summed E-state index contributed by atoms with van der Waals surface area (Å²) in [5.41, 5.74) is 1.19. The van der Waals surface area contributed by atoms with Crippen LogP contribution in [-0.2, 0) is 16.0 Å². The summed E-state index contributed by atoms with van der Waals surface area (Å²) in [5.74, 6) is 0. The van der Waals surface area contributed by atoms with Crippen LogP contribution in [-0.4, -0.2) is 24.6 Å².